The van der Waals surface area contributed by atoms with Crippen LogP contribution in [0.3, 0.4) is 0 Å². The lowest BCUT2D eigenvalue weighted by Gasteiger charge is -2.11. The number of anilines is 1. The third-order valence-corrected chi connectivity index (χ3v) is 4.67. The normalized spacial score (nSPS) is 10.4. The van der Waals surface area contributed by atoms with Crippen LogP contribution in [0.25, 0.3) is 11.3 Å². The van der Waals surface area contributed by atoms with E-state index in [0.717, 1.165) is 6.07 Å². The zero-order valence-electron chi connectivity index (χ0n) is 17.8. The first-order valence-electron chi connectivity index (χ1n) is 9.49. The summed E-state index contributed by atoms with van der Waals surface area (Å²) < 4.78 is 20.7. The average molecular weight is 478 g/mol. The summed E-state index contributed by atoms with van der Waals surface area (Å²) in [6.07, 6.45) is -0.841. The van der Waals surface area contributed by atoms with Crippen molar-refractivity contribution >= 4 is 29.3 Å². The summed E-state index contributed by atoms with van der Waals surface area (Å²) in [6, 6.07) is 6.67. The summed E-state index contributed by atoms with van der Waals surface area (Å²) in [5, 5.41) is 28.5. The van der Waals surface area contributed by atoms with Gasteiger partial charge in [-0.1, -0.05) is 11.6 Å². The number of hydrogen-bond acceptors (Lipinski definition) is 9. The van der Waals surface area contributed by atoms with Gasteiger partial charge in [-0.2, -0.15) is 0 Å². The molecule has 0 aliphatic carbocycles. The maximum absolute atomic E-state index is 13.0. The van der Waals surface area contributed by atoms with E-state index in [9.17, 15) is 19.8 Å². The van der Waals surface area contributed by atoms with E-state index in [4.69, 9.17) is 30.3 Å². The Hall–Kier alpha value is -4.12. The fourth-order valence-corrected chi connectivity index (χ4v) is 2.97. The highest BCUT2D eigenvalue weighted by Gasteiger charge is 2.26. The van der Waals surface area contributed by atoms with Gasteiger partial charge in [0.2, 0.25) is 0 Å². The average Bonchev–Trinajstić information content (AvgIpc) is 3.17. The molecule has 0 aliphatic heterocycles. The van der Waals surface area contributed by atoms with Crippen molar-refractivity contribution in [3.05, 3.63) is 40.9 Å². The minimum Gasteiger partial charge on any atom is -0.507 e. The van der Waals surface area contributed by atoms with Crippen LogP contribution < -0.4 is 24.8 Å². The second kappa shape index (κ2) is 10.0. The van der Waals surface area contributed by atoms with Gasteiger partial charge in [0.25, 0.3) is 11.8 Å². The predicted octanol–water partition coefficient (Wildman–Crippen LogP) is 3.78. The van der Waals surface area contributed by atoms with Crippen LogP contribution in [0.4, 0.5) is 10.5 Å². The van der Waals surface area contributed by atoms with Crippen LogP contribution in [-0.4, -0.2) is 48.1 Å². The van der Waals surface area contributed by atoms with E-state index in [1.165, 1.54) is 32.4 Å². The van der Waals surface area contributed by atoms with Crippen LogP contribution in [0.1, 0.15) is 17.3 Å². The molecular weight excluding hydrogens is 458 g/mol. The SMILES string of the molecule is CCNC(=O)Oc1noc(-c2cc(Cl)c(O)cc2O)c1NC(=O)c1ccc(OC)c(OC)c1. The summed E-state index contributed by atoms with van der Waals surface area (Å²) in [6.45, 7) is 1.97. The van der Waals surface area contributed by atoms with Gasteiger partial charge in [-0.3, -0.25) is 4.79 Å². The van der Waals surface area contributed by atoms with E-state index in [0.29, 0.717) is 11.5 Å². The Morgan fingerprint density at radius 2 is 1.82 bits per heavy atom. The van der Waals surface area contributed by atoms with E-state index in [2.05, 4.69) is 15.8 Å². The van der Waals surface area contributed by atoms with Gasteiger partial charge in [-0.25, -0.2) is 4.79 Å². The number of amides is 2. The lowest BCUT2D eigenvalue weighted by Crippen LogP contribution is -2.26. The molecule has 0 unspecified atom stereocenters. The molecular formula is C21H20ClN3O8. The van der Waals surface area contributed by atoms with E-state index < -0.39 is 17.7 Å². The number of methoxy groups -OCH3 is 2. The number of ether oxygens (including phenoxy) is 3. The second-order valence-electron chi connectivity index (χ2n) is 6.46. The summed E-state index contributed by atoms with van der Waals surface area (Å²) in [4.78, 5) is 24.9. The Kier molecular flexibility index (Phi) is 7.13. The molecule has 3 aromatic rings. The molecule has 0 spiro atoms. The number of hydrogen-bond donors (Lipinski definition) is 4. The molecule has 33 heavy (non-hydrogen) atoms. The fourth-order valence-electron chi connectivity index (χ4n) is 2.80. The standard InChI is InChI=1S/C21H20ClN3O8/c1-4-23-21(29)32-20-17(18(33-25-20)11-8-12(22)14(27)9-13(11)26)24-19(28)10-5-6-15(30-2)16(7-10)31-3/h5-9,26-27H,4H2,1-3H3,(H,23,29)(H,24,28). The Labute approximate surface area is 192 Å². The van der Waals surface area contributed by atoms with Crippen molar-refractivity contribution in [2.24, 2.45) is 0 Å². The Morgan fingerprint density at radius 3 is 2.48 bits per heavy atom. The minimum absolute atomic E-state index is 0.0151. The van der Waals surface area contributed by atoms with E-state index >= 15 is 0 Å². The third-order valence-electron chi connectivity index (χ3n) is 4.37. The monoisotopic (exact) mass is 477 g/mol. The fraction of sp³-hybridized carbons (Fsp3) is 0.190. The summed E-state index contributed by atoms with van der Waals surface area (Å²) in [7, 11) is 2.88. The van der Waals surface area contributed by atoms with Crippen molar-refractivity contribution < 1.29 is 38.5 Å². The van der Waals surface area contributed by atoms with Crippen molar-refractivity contribution in [1.82, 2.24) is 10.5 Å². The molecule has 0 fully saturated rings. The van der Waals surface area contributed by atoms with Crippen LogP contribution in [0.2, 0.25) is 5.02 Å². The van der Waals surface area contributed by atoms with E-state index in [-0.39, 0.29) is 45.8 Å². The lowest BCUT2D eigenvalue weighted by atomic mass is 10.1. The number of carbonyl (C=O) groups excluding carboxylic acids is 2. The molecule has 1 heterocycles. The molecule has 0 saturated heterocycles. The minimum atomic E-state index is -0.841. The van der Waals surface area contributed by atoms with Crippen LogP contribution in [-0.2, 0) is 0 Å². The van der Waals surface area contributed by atoms with Crippen molar-refractivity contribution in [3.63, 3.8) is 0 Å². The quantitative estimate of drug-likeness (QED) is 0.398. The van der Waals surface area contributed by atoms with Gasteiger partial charge in [0.05, 0.1) is 24.8 Å². The first kappa shape index (κ1) is 23.5. The summed E-state index contributed by atoms with van der Waals surface area (Å²) in [5.74, 6) is -1.21. The maximum atomic E-state index is 13.0. The first-order valence-corrected chi connectivity index (χ1v) is 9.87. The molecule has 0 radical (unpaired) electrons. The molecule has 1 aromatic heterocycles. The van der Waals surface area contributed by atoms with Crippen molar-refractivity contribution in [2.75, 3.05) is 26.1 Å². The molecule has 0 saturated carbocycles. The van der Waals surface area contributed by atoms with Gasteiger partial charge in [-0.15, -0.1) is 0 Å². The number of aromatic hydroxyl groups is 2. The number of benzene rings is 2. The molecule has 0 aliphatic rings. The van der Waals surface area contributed by atoms with Gasteiger partial charge in [0.1, 0.15) is 11.5 Å². The number of nitrogens with one attached hydrogen (secondary N) is 2. The van der Waals surface area contributed by atoms with Crippen molar-refractivity contribution in [3.8, 4) is 40.2 Å². The topological polar surface area (TPSA) is 152 Å². The molecule has 4 N–H and O–H groups in total. The van der Waals surface area contributed by atoms with Crippen LogP contribution >= 0.6 is 11.6 Å². The van der Waals surface area contributed by atoms with Crippen LogP contribution in [0.15, 0.2) is 34.9 Å². The zero-order chi connectivity index (χ0) is 24.1. The molecule has 11 nitrogen and oxygen atoms in total. The van der Waals surface area contributed by atoms with Crippen LogP contribution in [0.5, 0.6) is 28.9 Å². The third kappa shape index (κ3) is 5.04. The van der Waals surface area contributed by atoms with Crippen molar-refractivity contribution in [2.45, 2.75) is 6.92 Å². The number of halogens is 1. The van der Waals surface area contributed by atoms with Gasteiger partial charge in [-0.05, 0) is 36.3 Å². The number of phenolic OH excluding ortho intramolecular Hbond substituents is 2. The van der Waals surface area contributed by atoms with Gasteiger partial charge in [0, 0.05) is 18.2 Å². The molecule has 0 atom stereocenters. The largest absolute Gasteiger partial charge is 0.507 e. The molecule has 2 aromatic carbocycles. The number of nitrogens with zero attached hydrogens (tertiary/aromatic N) is 1. The molecule has 0 bridgehead atoms. The summed E-state index contributed by atoms with van der Waals surface area (Å²) in [5.41, 5.74) is 0.00785. The number of phenols is 2. The van der Waals surface area contributed by atoms with E-state index in [1.54, 1.807) is 13.0 Å². The second-order valence-corrected chi connectivity index (χ2v) is 6.86. The highest BCUT2D eigenvalue weighted by Crippen LogP contribution is 2.43. The number of rotatable bonds is 7. The number of aromatic nitrogens is 1. The molecule has 174 valence electrons. The Bertz CT molecular complexity index is 1190. The zero-order valence-corrected chi connectivity index (χ0v) is 18.5. The molecule has 12 heteroatoms. The van der Waals surface area contributed by atoms with Gasteiger partial charge in [0.15, 0.2) is 22.9 Å². The number of carbonyl (C=O) groups is 2. The highest BCUT2D eigenvalue weighted by molar-refractivity contribution is 6.32. The van der Waals surface area contributed by atoms with Crippen molar-refractivity contribution in [1.29, 1.82) is 0 Å². The smallest absolute Gasteiger partial charge is 0.414 e. The summed E-state index contributed by atoms with van der Waals surface area (Å²) >= 11 is 5.95. The lowest BCUT2D eigenvalue weighted by molar-refractivity contribution is 0.102. The molecule has 3 rings (SSSR count). The van der Waals surface area contributed by atoms with E-state index in [1.807, 2.05) is 0 Å². The Morgan fingerprint density at radius 1 is 1.09 bits per heavy atom. The first-order chi connectivity index (χ1) is 15.8. The molecule has 2 amide bonds. The van der Waals surface area contributed by atoms with Gasteiger partial charge < -0.3 is 39.6 Å². The van der Waals surface area contributed by atoms with Crippen LogP contribution in [0, 0.1) is 0 Å². The highest BCUT2D eigenvalue weighted by atomic mass is 35.5. The maximum Gasteiger partial charge on any atom is 0.414 e. The van der Waals surface area contributed by atoms with Gasteiger partial charge >= 0.3 is 6.09 Å². The Balaban J connectivity index is 2.04. The predicted molar refractivity (Wildman–Crippen MR) is 117 cm³/mol.